The Hall–Kier alpha value is -3.16. The summed E-state index contributed by atoms with van der Waals surface area (Å²) in [5.41, 5.74) is -0.900. The van der Waals surface area contributed by atoms with Gasteiger partial charge in [0.15, 0.2) is 6.61 Å². The van der Waals surface area contributed by atoms with Crippen LogP contribution in [0, 0.1) is 5.92 Å². The van der Waals surface area contributed by atoms with Crippen LogP contribution in [0.3, 0.4) is 0 Å². The number of benzene rings is 1. The Balaban J connectivity index is 1.87. The summed E-state index contributed by atoms with van der Waals surface area (Å²) in [7, 11) is 0. The van der Waals surface area contributed by atoms with Gasteiger partial charge in [0.1, 0.15) is 0 Å². The molecule has 0 unspecified atom stereocenters. The average Bonchev–Trinajstić information content (AvgIpc) is 3.07. The minimum Gasteiger partial charge on any atom is -0.452 e. The number of esters is 1. The first-order chi connectivity index (χ1) is 14.3. The molecular weight excluding hydrogens is 386 g/mol. The summed E-state index contributed by atoms with van der Waals surface area (Å²) in [4.78, 5) is 53.9. The van der Waals surface area contributed by atoms with Crippen molar-refractivity contribution in [1.82, 2.24) is 10.2 Å². The molecule has 3 rings (SSSR count). The first kappa shape index (κ1) is 21.5. The summed E-state index contributed by atoms with van der Waals surface area (Å²) in [5, 5.41) is 2.71. The molecule has 0 radical (unpaired) electrons. The molecule has 1 aromatic rings. The van der Waals surface area contributed by atoms with E-state index < -0.39 is 24.1 Å². The van der Waals surface area contributed by atoms with Gasteiger partial charge in [-0.05, 0) is 24.5 Å². The Morgan fingerprint density at radius 1 is 1.30 bits per heavy atom. The summed E-state index contributed by atoms with van der Waals surface area (Å²) < 4.78 is 5.32. The molecule has 1 fully saturated rings. The van der Waals surface area contributed by atoms with Crippen LogP contribution in [0.5, 0.6) is 0 Å². The number of ether oxygens (including phenoxy) is 1. The van der Waals surface area contributed by atoms with Crippen LogP contribution in [0.1, 0.15) is 43.5 Å². The summed E-state index contributed by atoms with van der Waals surface area (Å²) in [6.45, 7) is 7.84. The lowest BCUT2D eigenvalue weighted by Gasteiger charge is -2.47. The fourth-order valence-corrected chi connectivity index (χ4v) is 3.93. The monoisotopic (exact) mass is 413 g/mol. The highest BCUT2D eigenvalue weighted by Crippen LogP contribution is 2.44. The van der Waals surface area contributed by atoms with Crippen LogP contribution in [-0.2, 0) is 19.1 Å². The number of carbonyl (C=O) groups is 4. The van der Waals surface area contributed by atoms with Crippen LogP contribution in [0.2, 0.25) is 0 Å². The lowest BCUT2D eigenvalue weighted by Crippen LogP contribution is -2.68. The van der Waals surface area contributed by atoms with Crippen molar-refractivity contribution in [3.05, 3.63) is 42.5 Å². The molecule has 8 heteroatoms. The smallest absolute Gasteiger partial charge is 0.354 e. The minimum atomic E-state index is -1.62. The fourth-order valence-electron chi connectivity index (χ4n) is 3.93. The molecule has 30 heavy (non-hydrogen) atoms. The number of rotatable bonds is 8. The van der Waals surface area contributed by atoms with Crippen LogP contribution in [-0.4, -0.2) is 54.0 Å². The van der Waals surface area contributed by atoms with Gasteiger partial charge in [-0.2, -0.15) is 0 Å². The quantitative estimate of drug-likeness (QED) is 0.518. The van der Waals surface area contributed by atoms with Crippen molar-refractivity contribution in [1.29, 1.82) is 0 Å². The Morgan fingerprint density at radius 2 is 2.03 bits per heavy atom. The molecule has 2 aliphatic rings. The van der Waals surface area contributed by atoms with Crippen LogP contribution in [0.4, 0.5) is 5.69 Å². The fraction of sp³-hybridized carbons (Fsp3) is 0.455. The second-order valence-electron chi connectivity index (χ2n) is 7.88. The normalized spacial score (nSPS) is 20.1. The molecular formula is C22H27N3O5. The minimum absolute atomic E-state index is 0.0621. The molecule has 2 heterocycles. The number of fused-ring (bicyclic) bond motifs is 3. The zero-order chi connectivity index (χ0) is 21.9. The molecule has 0 spiro atoms. The molecule has 1 saturated heterocycles. The lowest BCUT2D eigenvalue weighted by atomic mass is 9.96. The van der Waals surface area contributed by atoms with Crippen LogP contribution in [0.25, 0.3) is 0 Å². The first-order valence-corrected chi connectivity index (χ1v) is 10.1. The number of hydrogen-bond acceptors (Lipinski definition) is 5. The van der Waals surface area contributed by atoms with Gasteiger partial charge in [-0.1, -0.05) is 32.1 Å². The van der Waals surface area contributed by atoms with Crippen molar-refractivity contribution < 1.29 is 23.9 Å². The van der Waals surface area contributed by atoms with Gasteiger partial charge in [-0.25, -0.2) is 4.79 Å². The van der Waals surface area contributed by atoms with E-state index in [9.17, 15) is 19.2 Å². The number of para-hydroxylation sites is 1. The average molecular weight is 413 g/mol. The van der Waals surface area contributed by atoms with Gasteiger partial charge in [0.05, 0.1) is 11.3 Å². The molecule has 1 N–H and O–H groups in total. The van der Waals surface area contributed by atoms with E-state index in [1.54, 1.807) is 24.3 Å². The molecule has 0 aliphatic carbocycles. The van der Waals surface area contributed by atoms with Gasteiger partial charge in [-0.3, -0.25) is 19.3 Å². The number of carbonyl (C=O) groups excluding carboxylic acids is 4. The summed E-state index contributed by atoms with van der Waals surface area (Å²) >= 11 is 0. The summed E-state index contributed by atoms with van der Waals surface area (Å²) in [6.07, 6.45) is 2.49. The van der Waals surface area contributed by atoms with Crippen molar-refractivity contribution in [3.8, 4) is 0 Å². The van der Waals surface area contributed by atoms with Gasteiger partial charge in [-0.15, -0.1) is 6.58 Å². The number of nitrogens with zero attached hydrogens (tertiary/aromatic N) is 2. The second kappa shape index (κ2) is 8.69. The number of nitrogens with one attached hydrogen (secondary N) is 1. The molecule has 8 nitrogen and oxygen atoms in total. The van der Waals surface area contributed by atoms with Gasteiger partial charge >= 0.3 is 5.97 Å². The highest BCUT2D eigenvalue weighted by atomic mass is 16.5. The van der Waals surface area contributed by atoms with Crippen molar-refractivity contribution in [2.24, 2.45) is 5.92 Å². The van der Waals surface area contributed by atoms with Gasteiger partial charge in [0.2, 0.25) is 11.6 Å². The Morgan fingerprint density at radius 3 is 2.73 bits per heavy atom. The van der Waals surface area contributed by atoms with E-state index in [-0.39, 0.29) is 31.2 Å². The highest BCUT2D eigenvalue weighted by Gasteiger charge is 2.61. The van der Waals surface area contributed by atoms with E-state index in [1.807, 2.05) is 13.8 Å². The maximum absolute atomic E-state index is 13.2. The highest BCUT2D eigenvalue weighted by molar-refractivity contribution is 6.15. The van der Waals surface area contributed by atoms with Gasteiger partial charge < -0.3 is 15.0 Å². The lowest BCUT2D eigenvalue weighted by molar-refractivity contribution is -0.159. The molecule has 0 aromatic heterocycles. The van der Waals surface area contributed by atoms with E-state index in [1.165, 1.54) is 15.9 Å². The molecule has 1 atom stereocenters. The van der Waals surface area contributed by atoms with Crippen molar-refractivity contribution in [2.45, 2.75) is 38.8 Å². The van der Waals surface area contributed by atoms with Crippen LogP contribution < -0.4 is 10.2 Å². The standard InChI is InChI=1S/C22H27N3O5/c1-4-13-24-20(28)16-7-5-6-8-17(16)25-19(27)9-11-22(24,25)21(29)30-14-18(26)23-12-10-15(2)3/h4-8,15H,1,9-14H2,2-3H3,(H,23,26)/t22-/m0/s1. The first-order valence-electron chi connectivity index (χ1n) is 10.1. The predicted molar refractivity (Wildman–Crippen MR) is 111 cm³/mol. The zero-order valence-corrected chi connectivity index (χ0v) is 17.3. The summed E-state index contributed by atoms with van der Waals surface area (Å²) in [6, 6.07) is 6.68. The van der Waals surface area contributed by atoms with E-state index >= 15 is 0 Å². The SMILES string of the molecule is C=CCN1C(=O)c2ccccc2N2C(=O)CC[C@]12C(=O)OCC(=O)NCCC(C)C. The van der Waals surface area contributed by atoms with Gasteiger partial charge in [0.25, 0.3) is 11.8 Å². The largest absolute Gasteiger partial charge is 0.452 e. The molecule has 0 saturated carbocycles. The van der Waals surface area contributed by atoms with Crippen LogP contribution >= 0.6 is 0 Å². The number of anilines is 1. The molecule has 3 amide bonds. The Bertz CT molecular complexity index is 881. The van der Waals surface area contributed by atoms with Gasteiger partial charge in [0, 0.05) is 25.9 Å². The number of hydrogen-bond donors (Lipinski definition) is 1. The van der Waals surface area contributed by atoms with Crippen molar-refractivity contribution in [3.63, 3.8) is 0 Å². The van der Waals surface area contributed by atoms with E-state index in [0.717, 1.165) is 6.42 Å². The third-order valence-corrected chi connectivity index (χ3v) is 5.39. The van der Waals surface area contributed by atoms with Crippen molar-refractivity contribution >= 4 is 29.4 Å². The third-order valence-electron chi connectivity index (χ3n) is 5.39. The Kier molecular flexibility index (Phi) is 6.24. The molecule has 1 aromatic carbocycles. The second-order valence-corrected chi connectivity index (χ2v) is 7.88. The maximum atomic E-state index is 13.2. The maximum Gasteiger partial charge on any atom is 0.354 e. The van der Waals surface area contributed by atoms with Crippen molar-refractivity contribution in [2.75, 3.05) is 24.6 Å². The molecule has 2 aliphatic heterocycles. The molecule has 160 valence electrons. The molecule has 0 bridgehead atoms. The predicted octanol–water partition coefficient (Wildman–Crippen LogP) is 1.86. The Labute approximate surface area is 175 Å². The zero-order valence-electron chi connectivity index (χ0n) is 17.3. The third kappa shape index (κ3) is 3.69. The van der Waals surface area contributed by atoms with E-state index in [4.69, 9.17) is 4.74 Å². The van der Waals surface area contributed by atoms with Crippen LogP contribution in [0.15, 0.2) is 36.9 Å². The topological polar surface area (TPSA) is 96.0 Å². The number of amides is 3. The summed E-state index contributed by atoms with van der Waals surface area (Å²) in [5.74, 6) is -1.44. The van der Waals surface area contributed by atoms with E-state index in [0.29, 0.717) is 23.7 Å². The van der Waals surface area contributed by atoms with E-state index in [2.05, 4.69) is 11.9 Å².